The van der Waals surface area contributed by atoms with Crippen LogP contribution in [0.2, 0.25) is 5.02 Å². The molecule has 2 rings (SSSR count). The molecule has 2 aromatic rings. The number of nitrogens with zero attached hydrogens (tertiary/aromatic N) is 1. The molecule has 4 heteroatoms. The van der Waals surface area contributed by atoms with E-state index >= 15 is 0 Å². The second kappa shape index (κ2) is 6.59. The van der Waals surface area contributed by atoms with Gasteiger partial charge in [-0.25, -0.2) is 0 Å². The Kier molecular flexibility index (Phi) is 5.05. The standard InChI is InChI=1S/C16H15ClINO/c1-11(2)19(13-6-4-3-5-7-13)16(20)14-9-8-12(17)10-15(14)18/h3-11H,1-2H3. The summed E-state index contributed by atoms with van der Waals surface area (Å²) in [4.78, 5) is 14.6. The number of benzene rings is 2. The maximum Gasteiger partial charge on any atom is 0.259 e. The first-order valence-corrected chi connectivity index (χ1v) is 7.80. The minimum Gasteiger partial charge on any atom is -0.306 e. The van der Waals surface area contributed by atoms with Crippen molar-refractivity contribution < 1.29 is 4.79 Å². The third kappa shape index (κ3) is 3.33. The molecule has 1 amide bonds. The Morgan fingerprint density at radius 2 is 1.80 bits per heavy atom. The summed E-state index contributed by atoms with van der Waals surface area (Å²) in [6.07, 6.45) is 0. The lowest BCUT2D eigenvalue weighted by Gasteiger charge is -2.27. The van der Waals surface area contributed by atoms with Crippen LogP contribution in [0, 0.1) is 3.57 Å². The molecule has 0 aliphatic carbocycles. The molecule has 0 N–H and O–H groups in total. The molecule has 0 atom stereocenters. The summed E-state index contributed by atoms with van der Waals surface area (Å²) in [7, 11) is 0. The van der Waals surface area contributed by atoms with E-state index in [0.29, 0.717) is 10.6 Å². The summed E-state index contributed by atoms with van der Waals surface area (Å²) in [5.41, 5.74) is 1.57. The molecule has 0 spiro atoms. The van der Waals surface area contributed by atoms with Crippen LogP contribution in [0.15, 0.2) is 48.5 Å². The molecule has 0 bridgehead atoms. The maximum absolute atomic E-state index is 12.8. The first-order valence-electron chi connectivity index (χ1n) is 6.34. The van der Waals surface area contributed by atoms with E-state index in [9.17, 15) is 4.79 Å². The molecule has 2 aromatic carbocycles. The maximum atomic E-state index is 12.8. The number of hydrogen-bond donors (Lipinski definition) is 0. The van der Waals surface area contributed by atoms with Crippen LogP contribution >= 0.6 is 34.2 Å². The Balaban J connectivity index is 2.42. The largest absolute Gasteiger partial charge is 0.306 e. The molecule has 0 saturated heterocycles. The van der Waals surface area contributed by atoms with Crippen LogP contribution in [-0.4, -0.2) is 11.9 Å². The van der Waals surface area contributed by atoms with Crippen LogP contribution in [0.25, 0.3) is 0 Å². The summed E-state index contributed by atoms with van der Waals surface area (Å²) in [6.45, 7) is 4.02. The molecule has 0 unspecified atom stereocenters. The fraction of sp³-hybridized carbons (Fsp3) is 0.188. The van der Waals surface area contributed by atoms with Gasteiger partial charge in [-0.15, -0.1) is 0 Å². The highest BCUT2D eigenvalue weighted by molar-refractivity contribution is 14.1. The molecule has 0 aromatic heterocycles. The van der Waals surface area contributed by atoms with Crippen LogP contribution in [0.4, 0.5) is 5.69 Å². The van der Waals surface area contributed by atoms with Crippen molar-refractivity contribution in [2.45, 2.75) is 19.9 Å². The van der Waals surface area contributed by atoms with Crippen molar-refractivity contribution in [3.8, 4) is 0 Å². The zero-order valence-electron chi connectivity index (χ0n) is 11.3. The van der Waals surface area contributed by atoms with Gasteiger partial charge in [-0.2, -0.15) is 0 Å². The van der Waals surface area contributed by atoms with Gasteiger partial charge >= 0.3 is 0 Å². The fourth-order valence-electron chi connectivity index (χ4n) is 2.03. The van der Waals surface area contributed by atoms with Gasteiger partial charge in [0.05, 0.1) is 5.56 Å². The van der Waals surface area contributed by atoms with Crippen LogP contribution in [-0.2, 0) is 0 Å². The van der Waals surface area contributed by atoms with Crippen molar-refractivity contribution in [1.29, 1.82) is 0 Å². The number of rotatable bonds is 3. The molecule has 2 nitrogen and oxygen atoms in total. The van der Waals surface area contributed by atoms with Crippen molar-refractivity contribution in [1.82, 2.24) is 0 Å². The number of amides is 1. The average molecular weight is 400 g/mol. The number of carbonyl (C=O) groups is 1. The number of carbonyl (C=O) groups excluding carboxylic acids is 1. The van der Waals surface area contributed by atoms with Crippen molar-refractivity contribution in [2.75, 3.05) is 4.90 Å². The molecule has 104 valence electrons. The third-order valence-electron chi connectivity index (χ3n) is 2.93. The van der Waals surface area contributed by atoms with E-state index in [4.69, 9.17) is 11.6 Å². The summed E-state index contributed by atoms with van der Waals surface area (Å²) in [6, 6.07) is 15.1. The van der Waals surface area contributed by atoms with Crippen molar-refractivity contribution >= 4 is 45.8 Å². The van der Waals surface area contributed by atoms with Gasteiger partial charge < -0.3 is 4.90 Å². The van der Waals surface area contributed by atoms with Gasteiger partial charge in [0, 0.05) is 20.3 Å². The van der Waals surface area contributed by atoms with Gasteiger partial charge in [-0.05, 0) is 66.8 Å². The molecule has 20 heavy (non-hydrogen) atoms. The van der Waals surface area contributed by atoms with Gasteiger partial charge in [0.15, 0.2) is 0 Å². The summed E-state index contributed by atoms with van der Waals surface area (Å²) in [5.74, 6) is -0.00716. The monoisotopic (exact) mass is 399 g/mol. The molecule has 0 saturated carbocycles. The second-order valence-electron chi connectivity index (χ2n) is 4.73. The summed E-state index contributed by atoms with van der Waals surface area (Å²) >= 11 is 8.10. The van der Waals surface area contributed by atoms with E-state index in [1.54, 1.807) is 23.1 Å². The van der Waals surface area contributed by atoms with E-state index in [1.165, 1.54) is 0 Å². The molecule has 0 heterocycles. The normalized spacial score (nSPS) is 10.7. The molecular formula is C16H15ClINO. The Morgan fingerprint density at radius 3 is 2.35 bits per heavy atom. The molecule has 0 fully saturated rings. The van der Waals surface area contributed by atoms with Crippen LogP contribution in [0.3, 0.4) is 0 Å². The topological polar surface area (TPSA) is 20.3 Å². The zero-order valence-corrected chi connectivity index (χ0v) is 14.2. The van der Waals surface area contributed by atoms with Crippen LogP contribution in [0.1, 0.15) is 24.2 Å². The molecular weight excluding hydrogens is 385 g/mol. The number of hydrogen-bond acceptors (Lipinski definition) is 1. The fourth-order valence-corrected chi connectivity index (χ4v) is 3.13. The van der Waals surface area contributed by atoms with Crippen molar-refractivity contribution in [3.63, 3.8) is 0 Å². The lowest BCUT2D eigenvalue weighted by atomic mass is 10.1. The van der Waals surface area contributed by atoms with Gasteiger partial charge in [0.25, 0.3) is 5.91 Å². The predicted octanol–water partition coefficient (Wildman–Crippen LogP) is 5.00. The highest BCUT2D eigenvalue weighted by Crippen LogP contribution is 2.24. The average Bonchev–Trinajstić information content (AvgIpc) is 2.39. The smallest absolute Gasteiger partial charge is 0.259 e. The lowest BCUT2D eigenvalue weighted by Crippen LogP contribution is -2.37. The number of para-hydroxylation sites is 1. The van der Waals surface area contributed by atoms with E-state index in [0.717, 1.165) is 9.26 Å². The quantitative estimate of drug-likeness (QED) is 0.665. The Morgan fingerprint density at radius 1 is 1.15 bits per heavy atom. The van der Waals surface area contributed by atoms with Crippen molar-refractivity contribution in [2.24, 2.45) is 0 Å². The van der Waals surface area contributed by atoms with E-state index in [2.05, 4.69) is 22.6 Å². The highest BCUT2D eigenvalue weighted by atomic mass is 127. The van der Waals surface area contributed by atoms with E-state index in [1.807, 2.05) is 44.2 Å². The van der Waals surface area contributed by atoms with Gasteiger partial charge in [-0.1, -0.05) is 29.8 Å². The zero-order chi connectivity index (χ0) is 14.7. The summed E-state index contributed by atoms with van der Waals surface area (Å²) < 4.78 is 0.863. The highest BCUT2D eigenvalue weighted by Gasteiger charge is 2.22. The second-order valence-corrected chi connectivity index (χ2v) is 6.33. The van der Waals surface area contributed by atoms with E-state index < -0.39 is 0 Å². The summed E-state index contributed by atoms with van der Waals surface area (Å²) in [5, 5.41) is 0.641. The first kappa shape index (κ1) is 15.3. The Labute approximate surface area is 137 Å². The van der Waals surface area contributed by atoms with E-state index in [-0.39, 0.29) is 11.9 Å². The lowest BCUT2D eigenvalue weighted by molar-refractivity contribution is 0.0979. The minimum absolute atomic E-state index is 0.00716. The first-order chi connectivity index (χ1) is 9.50. The third-order valence-corrected chi connectivity index (χ3v) is 4.06. The van der Waals surface area contributed by atoms with Crippen LogP contribution in [0.5, 0.6) is 0 Å². The number of halogens is 2. The molecule has 0 radical (unpaired) electrons. The Hall–Kier alpha value is -1.07. The van der Waals surface area contributed by atoms with Crippen molar-refractivity contribution in [3.05, 3.63) is 62.7 Å². The minimum atomic E-state index is -0.00716. The Bertz CT molecular complexity index is 613. The van der Waals surface area contributed by atoms with Gasteiger partial charge in [0.1, 0.15) is 0 Å². The molecule has 0 aliphatic heterocycles. The SMILES string of the molecule is CC(C)N(C(=O)c1ccc(Cl)cc1I)c1ccccc1. The molecule has 0 aliphatic rings. The van der Waals surface area contributed by atoms with Gasteiger partial charge in [-0.3, -0.25) is 4.79 Å². The predicted molar refractivity (Wildman–Crippen MR) is 92.6 cm³/mol. The van der Waals surface area contributed by atoms with Gasteiger partial charge in [0.2, 0.25) is 0 Å². The number of anilines is 1. The van der Waals surface area contributed by atoms with Crippen LogP contribution < -0.4 is 4.90 Å².